The molecule has 0 amide bonds. The largest absolute Gasteiger partial charge is 0.481 e. The van der Waals surface area contributed by atoms with Crippen molar-refractivity contribution in [1.82, 2.24) is 15.3 Å². The number of hydrogen-bond donors (Lipinski definition) is 6. The molecule has 1 heterocycles. The number of carboxylic acid groups (broad SMARTS) is 2. The van der Waals surface area contributed by atoms with Crippen molar-refractivity contribution >= 4 is 35.7 Å². The minimum Gasteiger partial charge on any atom is -0.481 e. The van der Waals surface area contributed by atoms with E-state index in [1.807, 2.05) is 37.9 Å². The molecule has 204 valence electrons. The second-order valence-electron chi connectivity index (χ2n) is 7.23. The van der Waals surface area contributed by atoms with Gasteiger partial charge in [-0.05, 0) is 37.7 Å². The highest BCUT2D eigenvalue weighted by Crippen LogP contribution is 2.17. The average Bonchev–Trinajstić information content (AvgIpc) is 2.90. The van der Waals surface area contributed by atoms with E-state index in [1.165, 1.54) is 7.05 Å². The number of aldehydes is 1. The molecule has 13 heteroatoms. The van der Waals surface area contributed by atoms with E-state index in [4.69, 9.17) is 15.9 Å². The first-order chi connectivity index (χ1) is 17.6. The fourth-order valence-electron chi connectivity index (χ4n) is 2.74. The van der Waals surface area contributed by atoms with Crippen LogP contribution in [0.4, 0.5) is 11.5 Å². The summed E-state index contributed by atoms with van der Waals surface area (Å²) >= 11 is 0. The van der Waals surface area contributed by atoms with Gasteiger partial charge in [0.15, 0.2) is 11.8 Å². The molecule has 0 spiro atoms. The molecule has 1 atom stereocenters. The third-order valence-corrected chi connectivity index (χ3v) is 4.69. The van der Waals surface area contributed by atoms with E-state index in [-0.39, 0.29) is 25.4 Å². The van der Waals surface area contributed by atoms with Crippen LogP contribution in [0.3, 0.4) is 0 Å². The number of carbonyl (C=O) groups excluding carboxylic acids is 1. The standard InChI is InChI=1S/C16H20N6O2.C6H11NO4.C2H6/c1-18-16(17)21-15-14(10-24)20-12(7-19-15)8-22(2)13-5-3-11(9-23)4-6-13;1-7-4(6(10)11)2-3-5(8)9;1-2/h3-7,9,24H,8,10H2,1-2H3,(H3,17,18,19,21);4,7H,2-3H2,1H3,(H,8,9)(H,10,11);1-2H3. The molecule has 1 unspecified atom stereocenters. The molecular formula is C24H37N7O6. The Balaban J connectivity index is 0.000000841. The SMILES string of the molecule is CC.CN=C(N)Nc1ncc(CN(C)c2ccc(C=O)cc2)nc1CO.CNC(CCC(=O)O)C(=O)O. The number of nitrogens with one attached hydrogen (secondary N) is 2. The van der Waals surface area contributed by atoms with E-state index >= 15 is 0 Å². The Morgan fingerprint density at radius 1 is 1.22 bits per heavy atom. The minimum absolute atomic E-state index is 0.112. The summed E-state index contributed by atoms with van der Waals surface area (Å²) in [6, 6.07) is 6.47. The van der Waals surface area contributed by atoms with Gasteiger partial charge in [0.25, 0.3) is 0 Å². The molecule has 0 aliphatic rings. The van der Waals surface area contributed by atoms with Gasteiger partial charge in [0.1, 0.15) is 18.0 Å². The van der Waals surface area contributed by atoms with Gasteiger partial charge in [-0.2, -0.15) is 0 Å². The highest BCUT2D eigenvalue weighted by atomic mass is 16.4. The predicted octanol–water partition coefficient (Wildman–Crippen LogP) is 1.32. The first-order valence-corrected chi connectivity index (χ1v) is 11.5. The summed E-state index contributed by atoms with van der Waals surface area (Å²) in [4.78, 5) is 45.4. The number of anilines is 2. The van der Waals surface area contributed by atoms with Gasteiger partial charge in [0.2, 0.25) is 0 Å². The summed E-state index contributed by atoms with van der Waals surface area (Å²) < 4.78 is 0. The number of likely N-dealkylation sites (N-methyl/N-ethyl adjacent to an activating group) is 1. The molecule has 0 fully saturated rings. The normalized spacial score (nSPS) is 11.1. The smallest absolute Gasteiger partial charge is 0.320 e. The van der Waals surface area contributed by atoms with Crippen molar-refractivity contribution in [3.8, 4) is 0 Å². The Kier molecular flexibility index (Phi) is 16.2. The number of aliphatic carboxylic acids is 2. The molecule has 0 radical (unpaired) electrons. The van der Waals surface area contributed by atoms with Crippen molar-refractivity contribution in [3.63, 3.8) is 0 Å². The van der Waals surface area contributed by atoms with Crippen molar-refractivity contribution < 1.29 is 29.7 Å². The lowest BCUT2D eigenvalue weighted by atomic mass is 10.1. The summed E-state index contributed by atoms with van der Waals surface area (Å²) in [5.41, 5.74) is 8.26. The molecule has 0 bridgehead atoms. The van der Waals surface area contributed by atoms with E-state index < -0.39 is 18.0 Å². The molecule has 37 heavy (non-hydrogen) atoms. The predicted molar refractivity (Wildman–Crippen MR) is 142 cm³/mol. The van der Waals surface area contributed by atoms with Crippen LogP contribution >= 0.6 is 0 Å². The molecule has 7 N–H and O–H groups in total. The van der Waals surface area contributed by atoms with Gasteiger partial charge >= 0.3 is 11.9 Å². The Hall–Kier alpha value is -4.10. The van der Waals surface area contributed by atoms with Crippen LogP contribution in [-0.2, 0) is 22.7 Å². The lowest BCUT2D eigenvalue weighted by molar-refractivity contribution is -0.140. The van der Waals surface area contributed by atoms with Crippen LogP contribution in [0, 0.1) is 0 Å². The Morgan fingerprint density at radius 2 is 1.84 bits per heavy atom. The highest BCUT2D eigenvalue weighted by molar-refractivity contribution is 5.91. The second-order valence-corrected chi connectivity index (χ2v) is 7.23. The van der Waals surface area contributed by atoms with E-state index in [2.05, 4.69) is 25.6 Å². The molecule has 0 saturated heterocycles. The monoisotopic (exact) mass is 519 g/mol. The summed E-state index contributed by atoms with van der Waals surface area (Å²) in [5, 5.41) is 31.4. The van der Waals surface area contributed by atoms with Gasteiger partial charge in [-0.15, -0.1) is 0 Å². The number of benzene rings is 1. The van der Waals surface area contributed by atoms with Crippen LogP contribution in [0.15, 0.2) is 35.5 Å². The number of aliphatic hydroxyl groups is 1. The molecule has 13 nitrogen and oxygen atoms in total. The van der Waals surface area contributed by atoms with Gasteiger partial charge in [-0.3, -0.25) is 19.4 Å². The molecule has 1 aromatic heterocycles. The van der Waals surface area contributed by atoms with Crippen LogP contribution in [0.1, 0.15) is 48.4 Å². The Bertz CT molecular complexity index is 1020. The van der Waals surface area contributed by atoms with E-state index in [0.29, 0.717) is 29.3 Å². The fraction of sp³-hybridized carbons (Fsp3) is 0.417. The van der Waals surface area contributed by atoms with Crippen LogP contribution < -0.4 is 21.3 Å². The number of nitrogens with two attached hydrogens (primary N) is 1. The van der Waals surface area contributed by atoms with Crippen molar-refractivity contribution in [2.75, 3.05) is 31.4 Å². The van der Waals surface area contributed by atoms with E-state index in [0.717, 1.165) is 12.0 Å². The number of aromatic nitrogens is 2. The number of carboxylic acids is 2. The van der Waals surface area contributed by atoms with E-state index in [1.54, 1.807) is 25.4 Å². The van der Waals surface area contributed by atoms with E-state index in [9.17, 15) is 19.5 Å². The fourth-order valence-corrected chi connectivity index (χ4v) is 2.74. The van der Waals surface area contributed by atoms with Crippen molar-refractivity contribution in [1.29, 1.82) is 0 Å². The van der Waals surface area contributed by atoms with Gasteiger partial charge in [-0.25, -0.2) is 9.97 Å². The van der Waals surface area contributed by atoms with Crippen LogP contribution in [0.25, 0.3) is 0 Å². The highest BCUT2D eigenvalue weighted by Gasteiger charge is 2.15. The number of aliphatic hydroxyl groups excluding tert-OH is 1. The Labute approximate surface area is 216 Å². The van der Waals surface area contributed by atoms with Gasteiger partial charge in [-0.1, -0.05) is 13.8 Å². The van der Waals surface area contributed by atoms with Crippen LogP contribution in [0.2, 0.25) is 0 Å². The molecule has 0 saturated carbocycles. The lowest BCUT2D eigenvalue weighted by Gasteiger charge is -2.19. The third kappa shape index (κ3) is 12.4. The van der Waals surface area contributed by atoms with Gasteiger partial charge in [0.05, 0.1) is 25.0 Å². The number of guanidine groups is 1. The zero-order valence-corrected chi connectivity index (χ0v) is 21.8. The van der Waals surface area contributed by atoms with Crippen molar-refractivity contribution in [2.24, 2.45) is 10.7 Å². The zero-order valence-electron chi connectivity index (χ0n) is 21.8. The summed E-state index contributed by atoms with van der Waals surface area (Å²) in [6.07, 6.45) is 2.40. The maximum atomic E-state index is 10.7. The maximum Gasteiger partial charge on any atom is 0.320 e. The second kappa shape index (κ2) is 18.2. The quantitative estimate of drug-likeness (QED) is 0.141. The number of nitrogens with zero attached hydrogens (tertiary/aromatic N) is 4. The van der Waals surface area contributed by atoms with Crippen LogP contribution in [-0.4, -0.2) is 76.7 Å². The number of carbonyl (C=O) groups is 3. The average molecular weight is 520 g/mol. The first-order valence-electron chi connectivity index (χ1n) is 11.5. The number of aliphatic imine (C=N–C) groups is 1. The van der Waals surface area contributed by atoms with Crippen LogP contribution in [0.5, 0.6) is 0 Å². The topological polar surface area (TPSA) is 203 Å². The maximum absolute atomic E-state index is 10.7. The molecule has 0 aliphatic carbocycles. The van der Waals surface area contributed by atoms with Crippen molar-refractivity contribution in [2.45, 2.75) is 45.9 Å². The first kappa shape index (κ1) is 32.9. The molecule has 1 aromatic carbocycles. The molecule has 2 aromatic rings. The minimum atomic E-state index is -1.02. The summed E-state index contributed by atoms with van der Waals surface area (Å²) in [7, 11) is 4.94. The molecular weight excluding hydrogens is 482 g/mol. The summed E-state index contributed by atoms with van der Waals surface area (Å²) in [5.74, 6) is -1.43. The summed E-state index contributed by atoms with van der Waals surface area (Å²) in [6.45, 7) is 4.23. The van der Waals surface area contributed by atoms with Gasteiger partial charge < -0.3 is 36.6 Å². The molecule has 2 rings (SSSR count). The lowest BCUT2D eigenvalue weighted by Crippen LogP contribution is -2.34. The zero-order chi connectivity index (χ0) is 28.4. The number of rotatable bonds is 11. The van der Waals surface area contributed by atoms with Gasteiger partial charge in [0, 0.05) is 31.8 Å². The number of hydrogen-bond acceptors (Lipinski definition) is 9. The third-order valence-electron chi connectivity index (χ3n) is 4.69. The Morgan fingerprint density at radius 3 is 2.30 bits per heavy atom. The molecule has 0 aliphatic heterocycles. The van der Waals surface area contributed by atoms with Crippen molar-refractivity contribution in [3.05, 3.63) is 47.4 Å².